The summed E-state index contributed by atoms with van der Waals surface area (Å²) in [5.74, 6) is 0. The highest BCUT2D eigenvalue weighted by molar-refractivity contribution is 5.55. The van der Waals surface area contributed by atoms with E-state index in [1.54, 1.807) is 7.11 Å². The van der Waals surface area contributed by atoms with Crippen LogP contribution in [0.25, 0.3) is 0 Å². The minimum atomic E-state index is 0.524. The van der Waals surface area contributed by atoms with Crippen molar-refractivity contribution in [3.05, 3.63) is 29.8 Å². The second-order valence-electron chi connectivity index (χ2n) is 4.63. The van der Waals surface area contributed by atoms with E-state index in [1.165, 1.54) is 11.3 Å². The highest BCUT2D eigenvalue weighted by Crippen LogP contribution is 2.24. The predicted octanol–water partition coefficient (Wildman–Crippen LogP) is 2.02. The fourth-order valence-electron chi connectivity index (χ4n) is 2.39. The third-order valence-corrected chi connectivity index (χ3v) is 3.42. The van der Waals surface area contributed by atoms with Crippen molar-refractivity contribution in [2.45, 2.75) is 25.9 Å². The standard InChI is InChI=1S/C14H22N2O/c1-12(7-10-17-2)16-9-8-15-11-13-5-3-4-6-14(13)16/h3-6,12,15H,7-11H2,1-2H3. The Morgan fingerprint density at radius 2 is 2.24 bits per heavy atom. The van der Waals surface area contributed by atoms with Crippen molar-refractivity contribution in [3.63, 3.8) is 0 Å². The molecule has 0 amide bonds. The molecule has 0 radical (unpaired) electrons. The Morgan fingerprint density at radius 1 is 1.41 bits per heavy atom. The Labute approximate surface area is 104 Å². The molecule has 1 aliphatic rings. The van der Waals surface area contributed by atoms with Gasteiger partial charge in [0.25, 0.3) is 0 Å². The van der Waals surface area contributed by atoms with Crippen LogP contribution in [0.15, 0.2) is 24.3 Å². The predicted molar refractivity (Wildman–Crippen MR) is 71.4 cm³/mol. The molecule has 1 heterocycles. The Kier molecular flexibility index (Phi) is 4.40. The summed E-state index contributed by atoms with van der Waals surface area (Å²) >= 11 is 0. The first-order valence-electron chi connectivity index (χ1n) is 6.37. The van der Waals surface area contributed by atoms with E-state index in [1.807, 2.05) is 0 Å². The highest BCUT2D eigenvalue weighted by Gasteiger charge is 2.18. The number of methoxy groups -OCH3 is 1. The van der Waals surface area contributed by atoms with E-state index in [2.05, 4.69) is 41.4 Å². The lowest BCUT2D eigenvalue weighted by atomic mass is 10.1. The molecule has 0 bridgehead atoms. The normalized spacial score (nSPS) is 17.4. The van der Waals surface area contributed by atoms with Gasteiger partial charge in [-0.05, 0) is 25.0 Å². The van der Waals surface area contributed by atoms with E-state index in [0.717, 1.165) is 32.7 Å². The van der Waals surface area contributed by atoms with Gasteiger partial charge in [-0.1, -0.05) is 18.2 Å². The number of nitrogens with one attached hydrogen (secondary N) is 1. The van der Waals surface area contributed by atoms with Crippen LogP contribution in [0.2, 0.25) is 0 Å². The maximum absolute atomic E-state index is 5.18. The Bertz CT molecular complexity index is 354. The molecule has 0 spiro atoms. The molecule has 0 saturated carbocycles. The SMILES string of the molecule is COCCC(C)N1CCNCc2ccccc21. The largest absolute Gasteiger partial charge is 0.385 e. The van der Waals surface area contributed by atoms with Crippen molar-refractivity contribution >= 4 is 5.69 Å². The monoisotopic (exact) mass is 234 g/mol. The summed E-state index contributed by atoms with van der Waals surface area (Å²) in [7, 11) is 1.77. The number of hydrogen-bond acceptors (Lipinski definition) is 3. The number of para-hydroxylation sites is 1. The zero-order valence-electron chi connectivity index (χ0n) is 10.8. The number of ether oxygens (including phenoxy) is 1. The van der Waals surface area contributed by atoms with Crippen molar-refractivity contribution in [1.29, 1.82) is 0 Å². The lowest BCUT2D eigenvalue weighted by Gasteiger charge is -2.31. The van der Waals surface area contributed by atoms with Crippen molar-refractivity contribution in [1.82, 2.24) is 5.32 Å². The molecule has 3 heteroatoms. The molecule has 1 aromatic rings. The Morgan fingerprint density at radius 3 is 3.06 bits per heavy atom. The summed E-state index contributed by atoms with van der Waals surface area (Å²) in [6.07, 6.45) is 1.07. The van der Waals surface area contributed by atoms with Crippen LogP contribution in [-0.2, 0) is 11.3 Å². The number of nitrogens with zero attached hydrogens (tertiary/aromatic N) is 1. The van der Waals surface area contributed by atoms with Gasteiger partial charge in [0.2, 0.25) is 0 Å². The number of benzene rings is 1. The highest BCUT2D eigenvalue weighted by atomic mass is 16.5. The van der Waals surface area contributed by atoms with Crippen molar-refractivity contribution in [3.8, 4) is 0 Å². The number of rotatable bonds is 4. The molecule has 0 aromatic heterocycles. The smallest absolute Gasteiger partial charge is 0.0481 e. The quantitative estimate of drug-likeness (QED) is 0.862. The fourth-order valence-corrected chi connectivity index (χ4v) is 2.39. The third kappa shape index (κ3) is 2.99. The molecule has 0 saturated heterocycles. The maximum atomic E-state index is 5.18. The van der Waals surface area contributed by atoms with Crippen LogP contribution in [-0.4, -0.2) is 32.8 Å². The first-order valence-corrected chi connectivity index (χ1v) is 6.37. The van der Waals surface area contributed by atoms with Crippen LogP contribution < -0.4 is 10.2 Å². The van der Waals surface area contributed by atoms with E-state index < -0.39 is 0 Å². The summed E-state index contributed by atoms with van der Waals surface area (Å²) in [5, 5.41) is 3.47. The molecule has 1 aliphatic heterocycles. The molecule has 1 aromatic carbocycles. The molecule has 1 N–H and O–H groups in total. The summed E-state index contributed by atoms with van der Waals surface area (Å²) in [5.41, 5.74) is 2.77. The van der Waals surface area contributed by atoms with Crippen LogP contribution in [0.3, 0.4) is 0 Å². The molecule has 3 nitrogen and oxygen atoms in total. The van der Waals surface area contributed by atoms with E-state index in [9.17, 15) is 0 Å². The van der Waals surface area contributed by atoms with Gasteiger partial charge in [0.1, 0.15) is 0 Å². The van der Waals surface area contributed by atoms with Gasteiger partial charge in [-0.2, -0.15) is 0 Å². The van der Waals surface area contributed by atoms with Gasteiger partial charge in [-0.3, -0.25) is 0 Å². The molecular formula is C14H22N2O. The van der Waals surface area contributed by atoms with Crippen molar-refractivity contribution in [2.24, 2.45) is 0 Å². The van der Waals surface area contributed by atoms with Crippen LogP contribution in [0.5, 0.6) is 0 Å². The second kappa shape index (κ2) is 6.03. The number of anilines is 1. The number of hydrogen-bond donors (Lipinski definition) is 1. The van der Waals surface area contributed by atoms with Gasteiger partial charge in [0.15, 0.2) is 0 Å². The minimum Gasteiger partial charge on any atom is -0.385 e. The van der Waals surface area contributed by atoms with Crippen LogP contribution in [0.1, 0.15) is 18.9 Å². The van der Waals surface area contributed by atoms with Crippen molar-refractivity contribution < 1.29 is 4.74 Å². The first-order chi connectivity index (χ1) is 8.33. The summed E-state index contributed by atoms with van der Waals surface area (Å²) in [6.45, 7) is 6.20. The minimum absolute atomic E-state index is 0.524. The van der Waals surface area contributed by atoms with Gasteiger partial charge in [0, 0.05) is 45.1 Å². The molecule has 2 rings (SSSR count). The van der Waals surface area contributed by atoms with Gasteiger partial charge in [-0.25, -0.2) is 0 Å². The Balaban J connectivity index is 2.16. The Hall–Kier alpha value is -1.06. The fraction of sp³-hybridized carbons (Fsp3) is 0.571. The van der Waals surface area contributed by atoms with Gasteiger partial charge >= 0.3 is 0 Å². The van der Waals surface area contributed by atoms with E-state index in [0.29, 0.717) is 6.04 Å². The van der Waals surface area contributed by atoms with Gasteiger partial charge < -0.3 is 15.0 Å². The van der Waals surface area contributed by atoms with E-state index in [-0.39, 0.29) is 0 Å². The maximum Gasteiger partial charge on any atom is 0.0481 e. The first kappa shape index (κ1) is 12.4. The third-order valence-electron chi connectivity index (χ3n) is 3.42. The number of fused-ring (bicyclic) bond motifs is 1. The van der Waals surface area contributed by atoms with Gasteiger partial charge in [-0.15, -0.1) is 0 Å². The summed E-state index contributed by atoms with van der Waals surface area (Å²) in [4.78, 5) is 2.49. The second-order valence-corrected chi connectivity index (χ2v) is 4.63. The molecule has 0 aliphatic carbocycles. The lowest BCUT2D eigenvalue weighted by Crippen LogP contribution is -2.37. The van der Waals surface area contributed by atoms with Crippen LogP contribution >= 0.6 is 0 Å². The zero-order valence-corrected chi connectivity index (χ0v) is 10.8. The topological polar surface area (TPSA) is 24.5 Å². The molecule has 0 fully saturated rings. The van der Waals surface area contributed by atoms with Crippen LogP contribution in [0, 0.1) is 0 Å². The van der Waals surface area contributed by atoms with E-state index >= 15 is 0 Å². The van der Waals surface area contributed by atoms with Crippen molar-refractivity contribution in [2.75, 3.05) is 31.7 Å². The molecular weight excluding hydrogens is 212 g/mol. The zero-order chi connectivity index (χ0) is 12.1. The molecule has 17 heavy (non-hydrogen) atoms. The lowest BCUT2D eigenvalue weighted by molar-refractivity contribution is 0.188. The molecule has 1 atom stereocenters. The van der Waals surface area contributed by atoms with Gasteiger partial charge in [0.05, 0.1) is 0 Å². The van der Waals surface area contributed by atoms with E-state index in [4.69, 9.17) is 4.74 Å². The molecule has 94 valence electrons. The molecule has 1 unspecified atom stereocenters. The summed E-state index contributed by atoms with van der Waals surface area (Å²) in [6, 6.07) is 9.20. The average Bonchev–Trinajstić information content (AvgIpc) is 2.58. The average molecular weight is 234 g/mol. The van der Waals surface area contributed by atoms with Crippen LogP contribution in [0.4, 0.5) is 5.69 Å². The summed E-state index contributed by atoms with van der Waals surface area (Å²) < 4.78 is 5.18.